The van der Waals surface area contributed by atoms with Gasteiger partial charge in [-0.3, -0.25) is 10.1 Å². The molecule has 0 amide bonds. The number of aromatic nitrogens is 2. The minimum Gasteiger partial charge on any atom is -0.362 e. The third-order valence-electron chi connectivity index (χ3n) is 3.05. The molecular formula is C10H17N5O2. The van der Waals surface area contributed by atoms with Gasteiger partial charge in [0.2, 0.25) is 5.82 Å². The SMILES string of the molecule is Cc1nn(C)c(NC2CCNCC2)c1[N+](=O)[O-]. The van der Waals surface area contributed by atoms with Crippen LogP contribution < -0.4 is 10.6 Å². The average molecular weight is 239 g/mol. The van der Waals surface area contributed by atoms with E-state index in [4.69, 9.17) is 0 Å². The number of anilines is 1. The molecule has 1 saturated heterocycles. The minimum atomic E-state index is -0.369. The fourth-order valence-corrected chi connectivity index (χ4v) is 2.19. The molecule has 2 rings (SSSR count). The summed E-state index contributed by atoms with van der Waals surface area (Å²) in [7, 11) is 1.73. The van der Waals surface area contributed by atoms with Crippen LogP contribution >= 0.6 is 0 Å². The van der Waals surface area contributed by atoms with Gasteiger partial charge >= 0.3 is 5.69 Å². The summed E-state index contributed by atoms with van der Waals surface area (Å²) in [5.74, 6) is 0.513. The van der Waals surface area contributed by atoms with Crippen molar-refractivity contribution in [2.45, 2.75) is 25.8 Å². The van der Waals surface area contributed by atoms with E-state index in [0.717, 1.165) is 25.9 Å². The first-order chi connectivity index (χ1) is 8.09. The van der Waals surface area contributed by atoms with Crippen LogP contribution in [0.4, 0.5) is 11.5 Å². The lowest BCUT2D eigenvalue weighted by molar-refractivity contribution is -0.384. The van der Waals surface area contributed by atoms with E-state index in [0.29, 0.717) is 11.5 Å². The van der Waals surface area contributed by atoms with Gasteiger partial charge in [-0.1, -0.05) is 0 Å². The summed E-state index contributed by atoms with van der Waals surface area (Å²) in [6.07, 6.45) is 1.95. The summed E-state index contributed by atoms with van der Waals surface area (Å²) in [6.45, 7) is 3.55. The maximum absolute atomic E-state index is 11.0. The van der Waals surface area contributed by atoms with Crippen LogP contribution in [-0.4, -0.2) is 33.8 Å². The van der Waals surface area contributed by atoms with E-state index in [2.05, 4.69) is 15.7 Å². The fourth-order valence-electron chi connectivity index (χ4n) is 2.19. The van der Waals surface area contributed by atoms with Crippen molar-refractivity contribution in [3.05, 3.63) is 15.8 Å². The van der Waals surface area contributed by atoms with Crippen molar-refractivity contribution < 1.29 is 4.92 Å². The number of nitro groups is 1. The predicted octanol–water partition coefficient (Wildman–Crippen LogP) is 0.801. The van der Waals surface area contributed by atoms with Gasteiger partial charge in [0, 0.05) is 13.1 Å². The van der Waals surface area contributed by atoms with Crippen LogP contribution in [0.3, 0.4) is 0 Å². The second kappa shape index (κ2) is 4.70. The lowest BCUT2D eigenvalue weighted by Crippen LogP contribution is -2.35. The second-order valence-electron chi connectivity index (χ2n) is 4.33. The van der Waals surface area contributed by atoms with Gasteiger partial charge in [0.05, 0.1) is 4.92 Å². The fraction of sp³-hybridized carbons (Fsp3) is 0.700. The van der Waals surface area contributed by atoms with Gasteiger partial charge in [-0.2, -0.15) is 5.10 Å². The van der Waals surface area contributed by atoms with Crippen molar-refractivity contribution in [2.24, 2.45) is 7.05 Å². The summed E-state index contributed by atoms with van der Waals surface area (Å²) in [6, 6.07) is 0.282. The van der Waals surface area contributed by atoms with Gasteiger partial charge in [0.25, 0.3) is 0 Å². The van der Waals surface area contributed by atoms with Crippen molar-refractivity contribution in [3.8, 4) is 0 Å². The molecule has 0 atom stereocenters. The summed E-state index contributed by atoms with van der Waals surface area (Å²) < 4.78 is 1.55. The van der Waals surface area contributed by atoms with Gasteiger partial charge < -0.3 is 10.6 Å². The van der Waals surface area contributed by atoms with Crippen molar-refractivity contribution in [2.75, 3.05) is 18.4 Å². The Hall–Kier alpha value is -1.63. The first kappa shape index (κ1) is 11.8. The highest BCUT2D eigenvalue weighted by atomic mass is 16.6. The third kappa shape index (κ3) is 2.38. The Morgan fingerprint density at radius 1 is 1.53 bits per heavy atom. The van der Waals surface area contributed by atoms with Gasteiger partial charge in [-0.25, -0.2) is 4.68 Å². The van der Waals surface area contributed by atoms with E-state index in [-0.39, 0.29) is 16.7 Å². The molecule has 7 heteroatoms. The van der Waals surface area contributed by atoms with E-state index in [9.17, 15) is 10.1 Å². The molecule has 17 heavy (non-hydrogen) atoms. The van der Waals surface area contributed by atoms with E-state index >= 15 is 0 Å². The molecule has 2 heterocycles. The van der Waals surface area contributed by atoms with Crippen LogP contribution in [-0.2, 0) is 7.05 Å². The molecule has 0 radical (unpaired) electrons. The zero-order valence-corrected chi connectivity index (χ0v) is 10.1. The van der Waals surface area contributed by atoms with E-state index < -0.39 is 0 Å². The quantitative estimate of drug-likeness (QED) is 0.602. The molecule has 2 N–H and O–H groups in total. The minimum absolute atomic E-state index is 0.0889. The molecule has 0 unspecified atom stereocenters. The van der Waals surface area contributed by atoms with E-state index in [1.165, 1.54) is 0 Å². The average Bonchev–Trinajstić information content (AvgIpc) is 2.55. The Morgan fingerprint density at radius 3 is 2.76 bits per heavy atom. The smallest absolute Gasteiger partial charge is 0.333 e. The molecule has 0 spiro atoms. The second-order valence-corrected chi connectivity index (χ2v) is 4.33. The number of hydrogen-bond acceptors (Lipinski definition) is 5. The molecule has 1 aromatic rings. The van der Waals surface area contributed by atoms with Gasteiger partial charge in [-0.05, 0) is 32.9 Å². The summed E-state index contributed by atoms with van der Waals surface area (Å²) in [4.78, 5) is 10.6. The van der Waals surface area contributed by atoms with Crippen LogP contribution in [0.25, 0.3) is 0 Å². The first-order valence-electron chi connectivity index (χ1n) is 5.75. The molecule has 1 aromatic heterocycles. The zero-order valence-electron chi connectivity index (χ0n) is 10.1. The molecule has 0 bridgehead atoms. The van der Waals surface area contributed by atoms with Gasteiger partial charge in [0.15, 0.2) is 0 Å². The highest BCUT2D eigenvalue weighted by Crippen LogP contribution is 2.28. The highest BCUT2D eigenvalue weighted by molar-refractivity contribution is 5.59. The Kier molecular flexibility index (Phi) is 3.28. The maximum atomic E-state index is 11.0. The number of rotatable bonds is 3. The number of nitrogens with one attached hydrogen (secondary N) is 2. The summed E-state index contributed by atoms with van der Waals surface area (Å²) in [5, 5.41) is 21.6. The first-order valence-corrected chi connectivity index (χ1v) is 5.75. The largest absolute Gasteiger partial charge is 0.362 e. The predicted molar refractivity (Wildman–Crippen MR) is 64.1 cm³/mol. The molecule has 0 aliphatic carbocycles. The van der Waals surface area contributed by atoms with Crippen LogP contribution in [0, 0.1) is 17.0 Å². The zero-order chi connectivity index (χ0) is 12.4. The summed E-state index contributed by atoms with van der Waals surface area (Å²) >= 11 is 0. The standard InChI is InChI=1S/C10H17N5O2/c1-7-9(15(16)17)10(14(2)13-7)12-8-3-5-11-6-4-8/h8,11-12H,3-6H2,1-2H3. The Labute approximate surface area is 99.3 Å². The van der Waals surface area contributed by atoms with Crippen molar-refractivity contribution in [1.82, 2.24) is 15.1 Å². The Balaban J connectivity index is 2.21. The third-order valence-corrected chi connectivity index (χ3v) is 3.05. The normalized spacial score (nSPS) is 17.1. The lowest BCUT2D eigenvalue weighted by Gasteiger charge is -2.24. The maximum Gasteiger partial charge on any atom is 0.333 e. The molecule has 1 aliphatic rings. The number of aryl methyl sites for hydroxylation is 2. The number of nitrogens with zero attached hydrogens (tertiary/aromatic N) is 3. The van der Waals surface area contributed by atoms with Crippen LogP contribution in [0.1, 0.15) is 18.5 Å². The Morgan fingerprint density at radius 2 is 2.18 bits per heavy atom. The van der Waals surface area contributed by atoms with E-state index in [1.54, 1.807) is 18.7 Å². The molecule has 1 fully saturated rings. The number of piperidine rings is 1. The van der Waals surface area contributed by atoms with Crippen LogP contribution in [0.2, 0.25) is 0 Å². The Bertz CT molecular complexity index is 423. The highest BCUT2D eigenvalue weighted by Gasteiger charge is 2.26. The topological polar surface area (TPSA) is 85.0 Å². The molecule has 94 valence electrons. The van der Waals surface area contributed by atoms with Crippen LogP contribution in [0.15, 0.2) is 0 Å². The van der Waals surface area contributed by atoms with Crippen molar-refractivity contribution in [3.63, 3.8) is 0 Å². The summed E-state index contributed by atoms with van der Waals surface area (Å²) in [5.41, 5.74) is 0.542. The molecule has 1 aliphatic heterocycles. The van der Waals surface area contributed by atoms with Gasteiger partial charge in [0.1, 0.15) is 5.69 Å². The van der Waals surface area contributed by atoms with Crippen molar-refractivity contribution >= 4 is 11.5 Å². The molecule has 0 aromatic carbocycles. The molecular weight excluding hydrogens is 222 g/mol. The lowest BCUT2D eigenvalue weighted by atomic mass is 10.1. The van der Waals surface area contributed by atoms with Crippen molar-refractivity contribution in [1.29, 1.82) is 0 Å². The molecule has 0 saturated carbocycles. The van der Waals surface area contributed by atoms with E-state index in [1.807, 2.05) is 0 Å². The van der Waals surface area contributed by atoms with Crippen LogP contribution in [0.5, 0.6) is 0 Å². The number of hydrogen-bond donors (Lipinski definition) is 2. The van der Waals surface area contributed by atoms with Gasteiger partial charge in [-0.15, -0.1) is 0 Å². The molecule has 7 nitrogen and oxygen atoms in total. The monoisotopic (exact) mass is 239 g/mol.